The summed E-state index contributed by atoms with van der Waals surface area (Å²) in [5.41, 5.74) is 7.97. The fourth-order valence-electron chi connectivity index (χ4n) is 2.40. The van der Waals surface area contributed by atoms with Crippen LogP contribution in [0.3, 0.4) is 0 Å². The summed E-state index contributed by atoms with van der Waals surface area (Å²) < 4.78 is 0. The molecule has 0 bridgehead atoms. The summed E-state index contributed by atoms with van der Waals surface area (Å²) in [6.45, 7) is 1.70. The maximum absolute atomic E-state index is 9.90. The van der Waals surface area contributed by atoms with Gasteiger partial charge in [-0.05, 0) is 38.1 Å². The molecule has 0 saturated heterocycles. The predicted molar refractivity (Wildman–Crippen MR) is 60.9 cm³/mol. The van der Waals surface area contributed by atoms with E-state index in [0.717, 1.165) is 24.9 Å². The molecule has 1 aromatic rings. The SMILES string of the molecule is CN1CCc2cccc(O)c2C1CCN. The van der Waals surface area contributed by atoms with Gasteiger partial charge < -0.3 is 10.8 Å². The van der Waals surface area contributed by atoms with Crippen LogP contribution in [0, 0.1) is 0 Å². The van der Waals surface area contributed by atoms with Gasteiger partial charge in [-0.25, -0.2) is 0 Å². The Morgan fingerprint density at radius 2 is 2.33 bits per heavy atom. The molecule has 0 fully saturated rings. The molecule has 3 nitrogen and oxygen atoms in total. The fraction of sp³-hybridized carbons (Fsp3) is 0.500. The zero-order valence-corrected chi connectivity index (χ0v) is 9.11. The lowest BCUT2D eigenvalue weighted by molar-refractivity contribution is 0.216. The minimum Gasteiger partial charge on any atom is -0.508 e. The van der Waals surface area contributed by atoms with Crippen molar-refractivity contribution in [2.75, 3.05) is 20.1 Å². The lowest BCUT2D eigenvalue weighted by Crippen LogP contribution is -2.33. The lowest BCUT2D eigenvalue weighted by Gasteiger charge is -2.34. The quantitative estimate of drug-likeness (QED) is 0.766. The number of fused-ring (bicyclic) bond motifs is 1. The van der Waals surface area contributed by atoms with E-state index in [4.69, 9.17) is 5.73 Å². The zero-order valence-electron chi connectivity index (χ0n) is 9.11. The second kappa shape index (κ2) is 4.21. The van der Waals surface area contributed by atoms with E-state index in [0.29, 0.717) is 12.3 Å². The highest BCUT2D eigenvalue weighted by molar-refractivity contribution is 5.43. The normalized spacial score (nSPS) is 21.3. The largest absolute Gasteiger partial charge is 0.508 e. The molecule has 1 aliphatic rings. The third-order valence-corrected chi connectivity index (χ3v) is 3.21. The molecule has 3 N–H and O–H groups in total. The van der Waals surface area contributed by atoms with Gasteiger partial charge in [0.25, 0.3) is 0 Å². The number of phenolic OH excluding ortho intramolecular Hbond substituents is 1. The van der Waals surface area contributed by atoms with Crippen molar-refractivity contribution in [2.24, 2.45) is 5.73 Å². The number of rotatable bonds is 2. The van der Waals surface area contributed by atoms with Crippen LogP contribution in [0.1, 0.15) is 23.6 Å². The van der Waals surface area contributed by atoms with Crippen LogP contribution in [-0.4, -0.2) is 30.1 Å². The molecule has 0 radical (unpaired) electrons. The average molecular weight is 206 g/mol. The van der Waals surface area contributed by atoms with Gasteiger partial charge >= 0.3 is 0 Å². The zero-order chi connectivity index (χ0) is 10.8. The monoisotopic (exact) mass is 206 g/mol. The molecule has 1 aromatic carbocycles. The van der Waals surface area contributed by atoms with Crippen LogP contribution in [0.15, 0.2) is 18.2 Å². The van der Waals surface area contributed by atoms with E-state index in [-0.39, 0.29) is 6.04 Å². The fourth-order valence-corrected chi connectivity index (χ4v) is 2.40. The predicted octanol–water partition coefficient (Wildman–Crippen LogP) is 1.27. The smallest absolute Gasteiger partial charge is 0.120 e. The van der Waals surface area contributed by atoms with Crippen LogP contribution < -0.4 is 5.73 Å². The van der Waals surface area contributed by atoms with Crippen molar-refractivity contribution in [1.29, 1.82) is 0 Å². The van der Waals surface area contributed by atoms with E-state index in [2.05, 4.69) is 18.0 Å². The molecule has 82 valence electrons. The number of benzene rings is 1. The van der Waals surface area contributed by atoms with Crippen LogP contribution in [-0.2, 0) is 6.42 Å². The van der Waals surface area contributed by atoms with Gasteiger partial charge in [-0.3, -0.25) is 4.90 Å². The standard InChI is InChI=1S/C12H18N2O/c1-14-8-6-9-3-2-4-11(15)12(9)10(14)5-7-13/h2-4,10,15H,5-8,13H2,1H3. The Hall–Kier alpha value is -1.06. The van der Waals surface area contributed by atoms with E-state index in [9.17, 15) is 5.11 Å². The Morgan fingerprint density at radius 3 is 3.07 bits per heavy atom. The Balaban J connectivity index is 2.41. The highest BCUT2D eigenvalue weighted by Crippen LogP contribution is 2.36. The molecular formula is C12H18N2O. The van der Waals surface area contributed by atoms with Crippen LogP contribution >= 0.6 is 0 Å². The first kappa shape index (κ1) is 10.5. The van der Waals surface area contributed by atoms with Crippen molar-refractivity contribution in [3.05, 3.63) is 29.3 Å². The van der Waals surface area contributed by atoms with Gasteiger partial charge in [-0.1, -0.05) is 12.1 Å². The minimum atomic E-state index is 0.278. The highest BCUT2D eigenvalue weighted by Gasteiger charge is 2.26. The van der Waals surface area contributed by atoms with E-state index in [1.54, 1.807) is 6.07 Å². The van der Waals surface area contributed by atoms with Crippen LogP contribution in [0.2, 0.25) is 0 Å². The van der Waals surface area contributed by atoms with Crippen LogP contribution in [0.25, 0.3) is 0 Å². The summed E-state index contributed by atoms with van der Waals surface area (Å²) in [4.78, 5) is 2.27. The second-order valence-corrected chi connectivity index (χ2v) is 4.17. The molecule has 1 atom stereocenters. The summed E-state index contributed by atoms with van der Waals surface area (Å²) >= 11 is 0. The summed E-state index contributed by atoms with van der Waals surface area (Å²) in [5.74, 6) is 0.414. The third kappa shape index (κ3) is 1.85. The molecule has 0 saturated carbocycles. The number of aromatic hydroxyl groups is 1. The maximum Gasteiger partial charge on any atom is 0.120 e. The number of nitrogens with two attached hydrogens (primary N) is 1. The van der Waals surface area contributed by atoms with Crippen molar-refractivity contribution < 1.29 is 5.11 Å². The Bertz CT molecular complexity index is 351. The maximum atomic E-state index is 9.90. The minimum absolute atomic E-state index is 0.278. The Morgan fingerprint density at radius 1 is 1.53 bits per heavy atom. The van der Waals surface area contributed by atoms with Gasteiger partial charge in [-0.15, -0.1) is 0 Å². The molecule has 0 spiro atoms. The van der Waals surface area contributed by atoms with Crippen molar-refractivity contribution in [1.82, 2.24) is 4.90 Å². The molecule has 1 heterocycles. The molecule has 15 heavy (non-hydrogen) atoms. The second-order valence-electron chi connectivity index (χ2n) is 4.17. The molecule has 0 amide bonds. The third-order valence-electron chi connectivity index (χ3n) is 3.21. The van der Waals surface area contributed by atoms with Crippen molar-refractivity contribution in [3.8, 4) is 5.75 Å². The van der Waals surface area contributed by atoms with E-state index in [1.165, 1.54) is 5.56 Å². The molecule has 0 aliphatic carbocycles. The summed E-state index contributed by atoms with van der Waals surface area (Å²) in [6.07, 6.45) is 1.92. The number of phenols is 1. The molecule has 3 heteroatoms. The summed E-state index contributed by atoms with van der Waals surface area (Å²) in [6, 6.07) is 6.06. The van der Waals surface area contributed by atoms with E-state index >= 15 is 0 Å². The molecular weight excluding hydrogens is 188 g/mol. The van der Waals surface area contributed by atoms with Gasteiger partial charge in [0.05, 0.1) is 0 Å². The van der Waals surface area contributed by atoms with Crippen molar-refractivity contribution in [3.63, 3.8) is 0 Å². The van der Waals surface area contributed by atoms with Crippen LogP contribution in [0.4, 0.5) is 0 Å². The van der Waals surface area contributed by atoms with Gasteiger partial charge in [-0.2, -0.15) is 0 Å². The summed E-state index contributed by atoms with van der Waals surface area (Å²) in [7, 11) is 2.09. The highest BCUT2D eigenvalue weighted by atomic mass is 16.3. The van der Waals surface area contributed by atoms with Gasteiger partial charge in [0.15, 0.2) is 0 Å². The summed E-state index contributed by atoms with van der Waals surface area (Å²) in [5, 5.41) is 9.90. The Kier molecular flexibility index (Phi) is 2.93. The number of nitrogens with zero attached hydrogens (tertiary/aromatic N) is 1. The lowest BCUT2D eigenvalue weighted by atomic mass is 9.90. The first-order chi connectivity index (χ1) is 7.24. The van der Waals surface area contributed by atoms with Crippen LogP contribution in [0.5, 0.6) is 5.75 Å². The van der Waals surface area contributed by atoms with Gasteiger partial charge in [0, 0.05) is 18.2 Å². The van der Waals surface area contributed by atoms with E-state index in [1.807, 2.05) is 6.07 Å². The topological polar surface area (TPSA) is 49.5 Å². The number of hydrogen-bond donors (Lipinski definition) is 2. The van der Waals surface area contributed by atoms with Gasteiger partial charge in [0.1, 0.15) is 5.75 Å². The average Bonchev–Trinajstić information content (AvgIpc) is 2.23. The molecule has 1 unspecified atom stereocenters. The van der Waals surface area contributed by atoms with Crippen molar-refractivity contribution in [2.45, 2.75) is 18.9 Å². The Labute approximate surface area is 90.5 Å². The van der Waals surface area contributed by atoms with Crippen molar-refractivity contribution >= 4 is 0 Å². The molecule has 1 aliphatic heterocycles. The first-order valence-corrected chi connectivity index (χ1v) is 5.45. The van der Waals surface area contributed by atoms with Gasteiger partial charge in [0.2, 0.25) is 0 Å². The first-order valence-electron chi connectivity index (χ1n) is 5.45. The van der Waals surface area contributed by atoms with E-state index < -0.39 is 0 Å². The molecule has 0 aromatic heterocycles. The number of hydrogen-bond acceptors (Lipinski definition) is 3. The molecule has 2 rings (SSSR count). The number of likely N-dealkylation sites (N-methyl/N-ethyl adjacent to an activating group) is 1.